The topological polar surface area (TPSA) is 69.2 Å². The van der Waals surface area contributed by atoms with Gasteiger partial charge in [0.1, 0.15) is 5.82 Å². The van der Waals surface area contributed by atoms with Crippen LogP contribution in [0.1, 0.15) is 56.7 Å². The molecule has 0 radical (unpaired) electrons. The van der Waals surface area contributed by atoms with E-state index in [1.165, 1.54) is 0 Å². The Kier molecular flexibility index (Phi) is 3.78. The Labute approximate surface area is 119 Å². The van der Waals surface area contributed by atoms with Gasteiger partial charge in [0.05, 0.1) is 12.0 Å². The van der Waals surface area contributed by atoms with Crippen LogP contribution in [0.15, 0.2) is 12.4 Å². The van der Waals surface area contributed by atoms with Crippen molar-refractivity contribution >= 4 is 5.91 Å². The van der Waals surface area contributed by atoms with Gasteiger partial charge in [-0.25, -0.2) is 4.98 Å². The van der Waals surface area contributed by atoms with Crippen molar-refractivity contribution in [2.24, 2.45) is 0 Å². The number of likely N-dealkylation sites (tertiary alicyclic amines) is 1. The van der Waals surface area contributed by atoms with Crippen LogP contribution in [0, 0.1) is 0 Å². The summed E-state index contributed by atoms with van der Waals surface area (Å²) in [5.74, 6) is 1.38. The highest BCUT2D eigenvalue weighted by molar-refractivity contribution is 5.77. The summed E-state index contributed by atoms with van der Waals surface area (Å²) in [5, 5.41) is 10.4. The largest absolute Gasteiger partial charge is 0.389 e. The van der Waals surface area contributed by atoms with Crippen molar-refractivity contribution in [3.63, 3.8) is 0 Å². The van der Waals surface area contributed by atoms with E-state index >= 15 is 0 Å². The van der Waals surface area contributed by atoms with Crippen LogP contribution in [0.3, 0.4) is 0 Å². The Morgan fingerprint density at radius 1 is 1.45 bits per heavy atom. The zero-order valence-electron chi connectivity index (χ0n) is 11.8. The van der Waals surface area contributed by atoms with Gasteiger partial charge in [-0.2, -0.15) is 0 Å². The zero-order chi connectivity index (χ0) is 14.0. The lowest BCUT2D eigenvalue weighted by Crippen LogP contribution is -2.43. The lowest BCUT2D eigenvalue weighted by Gasteiger charge is -2.34. The second kappa shape index (κ2) is 5.56. The molecule has 0 aromatic carbocycles. The molecule has 1 amide bonds. The fourth-order valence-corrected chi connectivity index (χ4v) is 3.53. The van der Waals surface area contributed by atoms with Crippen molar-refractivity contribution < 1.29 is 9.90 Å². The van der Waals surface area contributed by atoms with Gasteiger partial charge in [-0.05, 0) is 25.7 Å². The quantitative estimate of drug-likeness (QED) is 0.885. The van der Waals surface area contributed by atoms with E-state index in [-0.39, 0.29) is 12.3 Å². The molecule has 2 aliphatic rings. The lowest BCUT2D eigenvalue weighted by molar-refractivity contribution is -0.137. The molecule has 0 spiro atoms. The molecule has 1 saturated heterocycles. The molecular weight excluding hydrogens is 254 g/mol. The van der Waals surface area contributed by atoms with E-state index in [1.54, 1.807) is 6.20 Å². The van der Waals surface area contributed by atoms with Crippen LogP contribution in [0.2, 0.25) is 0 Å². The zero-order valence-corrected chi connectivity index (χ0v) is 11.8. The van der Waals surface area contributed by atoms with Gasteiger partial charge in [0.15, 0.2) is 0 Å². The number of aliphatic hydroxyl groups is 1. The number of rotatable bonds is 3. The van der Waals surface area contributed by atoms with Crippen molar-refractivity contribution in [2.75, 3.05) is 13.1 Å². The fourth-order valence-electron chi connectivity index (χ4n) is 3.53. The Hall–Kier alpha value is -1.36. The molecule has 20 heavy (non-hydrogen) atoms. The van der Waals surface area contributed by atoms with Gasteiger partial charge in [0, 0.05) is 31.4 Å². The number of carbonyl (C=O) groups excluding carboxylic acids is 1. The van der Waals surface area contributed by atoms with Crippen LogP contribution in [0.5, 0.6) is 0 Å². The molecule has 110 valence electrons. The average Bonchev–Trinajstić information content (AvgIpc) is 3.10. The first-order valence-electron chi connectivity index (χ1n) is 7.66. The highest BCUT2D eigenvalue weighted by Gasteiger charge is 2.36. The molecule has 2 N–H and O–H groups in total. The van der Waals surface area contributed by atoms with Gasteiger partial charge in [-0.3, -0.25) is 4.79 Å². The summed E-state index contributed by atoms with van der Waals surface area (Å²) in [4.78, 5) is 21.8. The van der Waals surface area contributed by atoms with E-state index in [9.17, 15) is 9.90 Å². The van der Waals surface area contributed by atoms with Gasteiger partial charge >= 0.3 is 0 Å². The third-order valence-corrected chi connectivity index (χ3v) is 4.69. The Morgan fingerprint density at radius 2 is 2.25 bits per heavy atom. The number of aromatic amines is 1. The maximum Gasteiger partial charge on any atom is 0.225 e. The highest BCUT2D eigenvalue weighted by Crippen LogP contribution is 2.33. The predicted octanol–water partition coefficient (Wildman–Crippen LogP) is 1.81. The first-order chi connectivity index (χ1) is 9.66. The second-order valence-corrected chi connectivity index (χ2v) is 6.26. The highest BCUT2D eigenvalue weighted by atomic mass is 16.3. The number of nitrogens with one attached hydrogen (secondary N) is 1. The SMILES string of the molecule is O=C(CC1(O)CCCC1)N1CCCC(c2ncc[nH]2)C1. The molecule has 0 bridgehead atoms. The standard InChI is InChI=1S/C15H23N3O2/c19-13(10-15(20)5-1-2-6-15)18-9-3-4-12(11-18)14-16-7-8-17-14/h7-8,12,20H,1-6,9-11H2,(H,16,17). The predicted molar refractivity (Wildman–Crippen MR) is 75.2 cm³/mol. The maximum absolute atomic E-state index is 12.4. The van der Waals surface area contributed by atoms with E-state index in [2.05, 4.69) is 9.97 Å². The summed E-state index contributed by atoms with van der Waals surface area (Å²) in [6.07, 6.45) is 9.59. The summed E-state index contributed by atoms with van der Waals surface area (Å²) in [5.41, 5.74) is -0.741. The van der Waals surface area contributed by atoms with Gasteiger partial charge in [0.25, 0.3) is 0 Å². The molecule has 1 aromatic rings. The molecule has 3 rings (SSSR count). The van der Waals surface area contributed by atoms with Crippen LogP contribution in [-0.4, -0.2) is 44.6 Å². The fraction of sp³-hybridized carbons (Fsp3) is 0.733. The molecule has 1 atom stereocenters. The van der Waals surface area contributed by atoms with E-state index in [4.69, 9.17) is 0 Å². The number of nitrogens with zero attached hydrogens (tertiary/aromatic N) is 2. The van der Waals surface area contributed by atoms with Gasteiger partial charge in [0.2, 0.25) is 5.91 Å². The van der Waals surface area contributed by atoms with Crippen LogP contribution in [-0.2, 0) is 4.79 Å². The Bertz CT molecular complexity index is 452. The molecular formula is C15H23N3O2. The number of hydrogen-bond acceptors (Lipinski definition) is 3. The van der Waals surface area contributed by atoms with E-state index in [0.29, 0.717) is 5.92 Å². The summed E-state index contributed by atoms with van der Waals surface area (Å²) in [7, 11) is 0. The minimum Gasteiger partial charge on any atom is -0.389 e. The average molecular weight is 277 g/mol. The lowest BCUT2D eigenvalue weighted by atomic mass is 9.94. The van der Waals surface area contributed by atoms with E-state index in [0.717, 1.165) is 57.4 Å². The van der Waals surface area contributed by atoms with E-state index < -0.39 is 5.60 Å². The molecule has 2 heterocycles. The molecule has 1 aliphatic heterocycles. The number of imidazole rings is 1. The van der Waals surface area contributed by atoms with Gasteiger partial charge in [-0.1, -0.05) is 12.8 Å². The van der Waals surface area contributed by atoms with Crippen LogP contribution < -0.4 is 0 Å². The number of H-pyrrole nitrogens is 1. The third-order valence-electron chi connectivity index (χ3n) is 4.69. The first kappa shape index (κ1) is 13.6. The second-order valence-electron chi connectivity index (χ2n) is 6.26. The third kappa shape index (κ3) is 2.87. The molecule has 1 unspecified atom stereocenters. The van der Waals surface area contributed by atoms with Crippen molar-refractivity contribution in [1.29, 1.82) is 0 Å². The van der Waals surface area contributed by atoms with Crippen molar-refractivity contribution in [1.82, 2.24) is 14.9 Å². The number of piperidine rings is 1. The van der Waals surface area contributed by atoms with Crippen molar-refractivity contribution in [3.05, 3.63) is 18.2 Å². The molecule has 1 aromatic heterocycles. The minimum absolute atomic E-state index is 0.102. The maximum atomic E-state index is 12.4. The number of hydrogen-bond donors (Lipinski definition) is 2. The molecule has 5 heteroatoms. The summed E-state index contributed by atoms with van der Waals surface area (Å²) in [6, 6.07) is 0. The smallest absolute Gasteiger partial charge is 0.225 e. The molecule has 1 aliphatic carbocycles. The molecule has 1 saturated carbocycles. The Balaban J connectivity index is 1.60. The van der Waals surface area contributed by atoms with Crippen LogP contribution in [0.4, 0.5) is 0 Å². The van der Waals surface area contributed by atoms with Crippen molar-refractivity contribution in [2.45, 2.75) is 56.5 Å². The Morgan fingerprint density at radius 3 is 2.95 bits per heavy atom. The summed E-state index contributed by atoms with van der Waals surface area (Å²) < 4.78 is 0. The summed E-state index contributed by atoms with van der Waals surface area (Å²) in [6.45, 7) is 1.54. The first-order valence-corrected chi connectivity index (χ1v) is 7.66. The number of carbonyl (C=O) groups is 1. The normalized spacial score (nSPS) is 25.9. The minimum atomic E-state index is -0.741. The number of amides is 1. The van der Waals surface area contributed by atoms with Crippen molar-refractivity contribution in [3.8, 4) is 0 Å². The van der Waals surface area contributed by atoms with E-state index in [1.807, 2.05) is 11.1 Å². The number of aromatic nitrogens is 2. The molecule has 5 nitrogen and oxygen atoms in total. The van der Waals surface area contributed by atoms with Crippen LogP contribution >= 0.6 is 0 Å². The van der Waals surface area contributed by atoms with Crippen LogP contribution in [0.25, 0.3) is 0 Å². The summed E-state index contributed by atoms with van der Waals surface area (Å²) >= 11 is 0. The van der Waals surface area contributed by atoms with Gasteiger partial charge in [-0.15, -0.1) is 0 Å². The van der Waals surface area contributed by atoms with Gasteiger partial charge < -0.3 is 15.0 Å². The molecule has 2 fully saturated rings. The monoisotopic (exact) mass is 277 g/mol.